The van der Waals surface area contributed by atoms with Crippen LogP contribution in [0.1, 0.15) is 0 Å². The highest BCUT2D eigenvalue weighted by molar-refractivity contribution is 5.51. The van der Waals surface area contributed by atoms with Crippen LogP contribution in [0.3, 0.4) is 0 Å². The van der Waals surface area contributed by atoms with Gasteiger partial charge in [-0.3, -0.25) is 4.98 Å². The van der Waals surface area contributed by atoms with E-state index in [1.165, 1.54) is 13.1 Å². The monoisotopic (exact) mass is 192 g/mol. The summed E-state index contributed by atoms with van der Waals surface area (Å²) in [7, 11) is 2.14. The van der Waals surface area contributed by atoms with Crippen LogP contribution in [0.25, 0.3) is 0 Å². The summed E-state index contributed by atoms with van der Waals surface area (Å²) in [6.45, 7) is 3.38. The Bertz CT molecular complexity index is 307. The Morgan fingerprint density at radius 2 is 2.36 bits per heavy atom. The van der Waals surface area contributed by atoms with E-state index in [-0.39, 0.29) is 0 Å². The second-order valence-electron chi connectivity index (χ2n) is 3.98. The third-order valence-electron chi connectivity index (χ3n) is 2.49. The first kappa shape index (κ1) is 9.27. The number of nitrogens with zero attached hydrogens (tertiary/aromatic N) is 2. The molecule has 0 aromatic carbocycles. The van der Waals surface area contributed by atoms with E-state index in [1.807, 2.05) is 6.07 Å². The molecule has 2 heterocycles. The van der Waals surface area contributed by atoms with Crippen molar-refractivity contribution < 1.29 is 0 Å². The lowest BCUT2D eigenvalue weighted by atomic mass is 10.0. The maximum Gasteiger partial charge on any atom is 0.0547 e. The molecular weight excluding hydrogens is 176 g/mol. The van der Waals surface area contributed by atoms with Gasteiger partial charge in [0.25, 0.3) is 0 Å². The smallest absolute Gasteiger partial charge is 0.0547 e. The van der Waals surface area contributed by atoms with Crippen molar-refractivity contribution in [2.24, 2.45) is 5.92 Å². The summed E-state index contributed by atoms with van der Waals surface area (Å²) < 4.78 is 0. The van der Waals surface area contributed by atoms with Crippen molar-refractivity contribution in [3.8, 4) is 0 Å². The minimum absolute atomic E-state index is 0.709. The Morgan fingerprint density at radius 3 is 3.00 bits per heavy atom. The van der Waals surface area contributed by atoms with Gasteiger partial charge in [-0.1, -0.05) is 0 Å². The number of nitrogen functional groups attached to an aromatic ring is 1. The molecule has 1 fully saturated rings. The first-order chi connectivity index (χ1) is 6.74. The molecule has 4 heteroatoms. The van der Waals surface area contributed by atoms with Crippen LogP contribution in [0.2, 0.25) is 0 Å². The molecule has 1 saturated heterocycles. The van der Waals surface area contributed by atoms with Gasteiger partial charge in [0.15, 0.2) is 0 Å². The summed E-state index contributed by atoms with van der Waals surface area (Å²) in [6, 6.07) is 1.91. The number of rotatable bonds is 3. The van der Waals surface area contributed by atoms with Crippen molar-refractivity contribution in [3.05, 3.63) is 18.5 Å². The van der Waals surface area contributed by atoms with Gasteiger partial charge in [0.2, 0.25) is 0 Å². The second-order valence-corrected chi connectivity index (χ2v) is 3.98. The Balaban J connectivity index is 1.80. The largest absolute Gasteiger partial charge is 0.397 e. The average molecular weight is 192 g/mol. The van der Waals surface area contributed by atoms with Gasteiger partial charge in [-0.25, -0.2) is 0 Å². The molecule has 0 aliphatic carbocycles. The molecule has 2 rings (SSSR count). The number of aromatic nitrogens is 1. The highest BCUT2D eigenvalue weighted by Crippen LogP contribution is 2.15. The maximum absolute atomic E-state index is 5.62. The number of nitrogens with one attached hydrogen (secondary N) is 1. The van der Waals surface area contributed by atoms with Crippen molar-refractivity contribution in [2.45, 2.75) is 0 Å². The van der Waals surface area contributed by atoms with Crippen LogP contribution < -0.4 is 11.1 Å². The summed E-state index contributed by atoms with van der Waals surface area (Å²) in [5.74, 6) is 0.765. The second kappa shape index (κ2) is 3.84. The minimum atomic E-state index is 0.709. The van der Waals surface area contributed by atoms with E-state index in [2.05, 4.69) is 22.2 Å². The van der Waals surface area contributed by atoms with Gasteiger partial charge >= 0.3 is 0 Å². The first-order valence-electron chi connectivity index (χ1n) is 4.87. The molecule has 1 aromatic heterocycles. The van der Waals surface area contributed by atoms with E-state index in [0.29, 0.717) is 5.69 Å². The lowest BCUT2D eigenvalue weighted by Gasteiger charge is -2.36. The number of likely N-dealkylation sites (tertiary alicyclic amines) is 1. The van der Waals surface area contributed by atoms with Gasteiger partial charge in [-0.05, 0) is 13.1 Å². The molecule has 1 aliphatic heterocycles. The van der Waals surface area contributed by atoms with Crippen molar-refractivity contribution >= 4 is 11.4 Å². The summed E-state index contributed by atoms with van der Waals surface area (Å²) in [4.78, 5) is 6.33. The molecule has 0 unspecified atom stereocenters. The van der Waals surface area contributed by atoms with Crippen molar-refractivity contribution in [1.29, 1.82) is 0 Å². The molecule has 0 amide bonds. The van der Waals surface area contributed by atoms with E-state index in [4.69, 9.17) is 5.73 Å². The van der Waals surface area contributed by atoms with Crippen LogP contribution in [-0.2, 0) is 0 Å². The summed E-state index contributed by atoms with van der Waals surface area (Å²) >= 11 is 0. The number of hydrogen-bond donors (Lipinski definition) is 2. The molecule has 1 aromatic rings. The zero-order valence-corrected chi connectivity index (χ0v) is 8.40. The molecule has 0 radical (unpaired) electrons. The zero-order valence-electron chi connectivity index (χ0n) is 8.40. The SMILES string of the molecule is CN1CC(CNc2cncc(N)c2)C1. The standard InChI is InChI=1S/C10H16N4/c1-14-6-8(7-14)3-13-10-2-9(11)4-12-5-10/h2,4-5,8,13H,3,6-7,11H2,1H3. The van der Waals surface area contributed by atoms with E-state index < -0.39 is 0 Å². The Labute approximate surface area is 84.1 Å². The summed E-state index contributed by atoms with van der Waals surface area (Å²) in [5, 5.41) is 3.34. The van der Waals surface area contributed by atoms with E-state index >= 15 is 0 Å². The van der Waals surface area contributed by atoms with Gasteiger partial charge < -0.3 is 16.0 Å². The fourth-order valence-electron chi connectivity index (χ4n) is 1.77. The third-order valence-corrected chi connectivity index (χ3v) is 2.49. The van der Waals surface area contributed by atoms with Gasteiger partial charge in [-0.15, -0.1) is 0 Å². The molecule has 3 N–H and O–H groups in total. The molecule has 1 aliphatic rings. The molecule has 76 valence electrons. The Morgan fingerprint density at radius 1 is 1.57 bits per heavy atom. The number of nitrogens with two attached hydrogens (primary N) is 1. The predicted octanol–water partition coefficient (Wildman–Crippen LogP) is 0.637. The van der Waals surface area contributed by atoms with Crippen molar-refractivity contribution in [3.63, 3.8) is 0 Å². The predicted molar refractivity (Wildman–Crippen MR) is 58.1 cm³/mol. The quantitative estimate of drug-likeness (QED) is 0.738. The minimum Gasteiger partial charge on any atom is -0.397 e. The normalized spacial score (nSPS) is 17.8. The van der Waals surface area contributed by atoms with Gasteiger partial charge in [0.1, 0.15) is 0 Å². The molecular formula is C10H16N4. The lowest BCUT2D eigenvalue weighted by molar-refractivity contribution is 0.144. The van der Waals surface area contributed by atoms with Crippen LogP contribution in [-0.4, -0.2) is 36.6 Å². The molecule has 0 bridgehead atoms. The highest BCUT2D eigenvalue weighted by atomic mass is 15.2. The van der Waals surface area contributed by atoms with Gasteiger partial charge in [0.05, 0.1) is 17.6 Å². The molecule has 0 saturated carbocycles. The summed E-state index contributed by atoms with van der Waals surface area (Å²) in [6.07, 6.45) is 3.46. The fourth-order valence-corrected chi connectivity index (χ4v) is 1.77. The lowest BCUT2D eigenvalue weighted by Crippen LogP contribution is -2.46. The molecule has 4 nitrogen and oxygen atoms in total. The Kier molecular flexibility index (Phi) is 2.54. The van der Waals surface area contributed by atoms with E-state index in [9.17, 15) is 0 Å². The fraction of sp³-hybridized carbons (Fsp3) is 0.500. The van der Waals surface area contributed by atoms with Crippen molar-refractivity contribution in [1.82, 2.24) is 9.88 Å². The van der Waals surface area contributed by atoms with Crippen LogP contribution in [0.5, 0.6) is 0 Å². The highest BCUT2D eigenvalue weighted by Gasteiger charge is 2.22. The van der Waals surface area contributed by atoms with Crippen LogP contribution in [0, 0.1) is 5.92 Å². The third kappa shape index (κ3) is 2.14. The Hall–Kier alpha value is -1.29. The molecule has 14 heavy (non-hydrogen) atoms. The molecule has 0 spiro atoms. The first-order valence-corrected chi connectivity index (χ1v) is 4.87. The van der Waals surface area contributed by atoms with Gasteiger partial charge in [0, 0.05) is 31.7 Å². The van der Waals surface area contributed by atoms with Crippen LogP contribution >= 0.6 is 0 Å². The van der Waals surface area contributed by atoms with Crippen molar-refractivity contribution in [2.75, 3.05) is 37.7 Å². The maximum atomic E-state index is 5.62. The average Bonchev–Trinajstić information content (AvgIpc) is 2.11. The summed E-state index contributed by atoms with van der Waals surface area (Å²) in [5.41, 5.74) is 7.35. The molecule has 0 atom stereocenters. The van der Waals surface area contributed by atoms with E-state index in [1.54, 1.807) is 12.4 Å². The van der Waals surface area contributed by atoms with Crippen LogP contribution in [0.4, 0.5) is 11.4 Å². The zero-order chi connectivity index (χ0) is 9.97. The number of hydrogen-bond acceptors (Lipinski definition) is 4. The topological polar surface area (TPSA) is 54.2 Å². The number of anilines is 2. The number of pyridine rings is 1. The van der Waals surface area contributed by atoms with Crippen LogP contribution in [0.15, 0.2) is 18.5 Å². The van der Waals surface area contributed by atoms with Gasteiger partial charge in [-0.2, -0.15) is 0 Å². The van der Waals surface area contributed by atoms with E-state index in [0.717, 1.165) is 18.2 Å².